The van der Waals surface area contributed by atoms with Gasteiger partial charge in [0.1, 0.15) is 88.9 Å². The number of aliphatic hydroxyl groups is 8. The normalized spacial score (nSPS) is 34.7. The molecule has 8 N–H and O–H groups in total. The van der Waals surface area contributed by atoms with Crippen molar-refractivity contribution in [3.05, 3.63) is 265 Å². The van der Waals surface area contributed by atoms with E-state index in [1.807, 2.05) is 201 Å². The highest BCUT2D eigenvalue weighted by Gasteiger charge is 2.52. The Kier molecular flexibility index (Phi) is 33.5. The van der Waals surface area contributed by atoms with Crippen LogP contribution in [0.1, 0.15) is 89.1 Å². The number of ether oxygens (including phenoxy) is 13. The third-order valence-corrected chi connectivity index (χ3v) is 25.9. The van der Waals surface area contributed by atoms with Crippen molar-refractivity contribution in [3.63, 3.8) is 0 Å². The average molecular weight is 1660 g/mol. The summed E-state index contributed by atoms with van der Waals surface area (Å²) in [4.78, 5) is 15.8. The number of aliphatic hydroxyl groups excluding tert-OH is 8. The van der Waals surface area contributed by atoms with Gasteiger partial charge in [-0.1, -0.05) is 276 Å². The van der Waals surface area contributed by atoms with Crippen molar-refractivity contribution in [3.8, 4) is 0 Å². The van der Waals surface area contributed by atoms with Crippen molar-refractivity contribution in [1.29, 1.82) is 0 Å². The molecule has 0 saturated carbocycles. The summed E-state index contributed by atoms with van der Waals surface area (Å²) in [6, 6.07) is 80.0. The van der Waals surface area contributed by atoms with Crippen LogP contribution >= 0.6 is 47.0 Å². The minimum absolute atomic E-state index is 0.0323. The zero-order valence-electron chi connectivity index (χ0n) is 64.9. The van der Waals surface area contributed by atoms with Crippen molar-refractivity contribution < 1.29 is 107 Å². The summed E-state index contributed by atoms with van der Waals surface area (Å²) in [5, 5.41) is 76.4. The second-order valence-corrected chi connectivity index (χ2v) is 34.0. The van der Waals surface area contributed by atoms with Crippen molar-refractivity contribution in [2.75, 3.05) is 26.4 Å². The maximum Gasteiger partial charge on any atom is 0.303 e. The average Bonchev–Trinajstić information content (AvgIpc) is 0.786. The van der Waals surface area contributed by atoms with Crippen LogP contribution in [-0.4, -0.2) is 199 Å². The van der Waals surface area contributed by atoms with Crippen LogP contribution in [0.25, 0.3) is 0 Å². The Morgan fingerprint density at radius 1 is 0.365 bits per heavy atom. The summed E-state index contributed by atoms with van der Waals surface area (Å²) in [6.45, 7) is 13.5. The van der Waals surface area contributed by atoms with Crippen molar-refractivity contribution in [1.82, 2.24) is 0 Å². The molecule has 8 fully saturated rings. The van der Waals surface area contributed by atoms with E-state index >= 15 is 0 Å². The molecule has 618 valence electrons. The predicted octanol–water partition coefficient (Wildman–Crippen LogP) is 12.7. The topological polar surface area (TPSA) is 299 Å². The summed E-state index contributed by atoms with van der Waals surface area (Å²) >= 11 is 6.28. The molecule has 0 spiro atoms. The van der Waals surface area contributed by atoms with Crippen LogP contribution in [0, 0.1) is 23.7 Å². The van der Waals surface area contributed by atoms with Gasteiger partial charge >= 0.3 is 5.97 Å². The number of carbonyl (C=O) groups excluding carboxylic acids is 1. The first-order valence-electron chi connectivity index (χ1n) is 39.1. The molecule has 13 unspecified atom stereocenters. The largest absolute Gasteiger partial charge is 0.459 e. The highest BCUT2D eigenvalue weighted by atomic mass is 32.2. The number of rotatable bonds is 17. The third kappa shape index (κ3) is 23.7. The number of hydrogen-bond acceptors (Lipinski definition) is 26. The zero-order chi connectivity index (χ0) is 80.9. The quantitative estimate of drug-likeness (QED) is 0.0393. The lowest BCUT2D eigenvalue weighted by Gasteiger charge is -2.48. The Balaban J connectivity index is 0.000000136. The number of hydrogen-bond donors (Lipinski definition) is 8. The van der Waals surface area contributed by atoms with Gasteiger partial charge < -0.3 is 102 Å². The Bertz CT molecular complexity index is 3970. The van der Waals surface area contributed by atoms with E-state index in [0.717, 1.165) is 48.3 Å². The lowest BCUT2D eigenvalue weighted by atomic mass is 9.83. The summed E-state index contributed by atoms with van der Waals surface area (Å²) in [5.74, 6) is 0.543. The van der Waals surface area contributed by atoms with E-state index in [0.29, 0.717) is 32.3 Å². The minimum Gasteiger partial charge on any atom is -0.459 e. The monoisotopic (exact) mass is 1650 g/mol. The molecule has 26 heteroatoms. The first-order chi connectivity index (χ1) is 55.8. The van der Waals surface area contributed by atoms with Gasteiger partial charge in [0.15, 0.2) is 25.2 Å². The molecule has 0 radical (unpaired) electrons. The summed E-state index contributed by atoms with van der Waals surface area (Å²) in [6.07, 6.45) is -11.8. The van der Waals surface area contributed by atoms with Crippen molar-refractivity contribution in [2.45, 2.75) is 219 Å². The first kappa shape index (κ1) is 88.1. The zero-order valence-corrected chi connectivity index (χ0v) is 68.2. The van der Waals surface area contributed by atoms with Crippen LogP contribution in [0.3, 0.4) is 0 Å². The molecule has 8 aromatic carbocycles. The smallest absolute Gasteiger partial charge is 0.303 e. The van der Waals surface area contributed by atoms with E-state index in [1.165, 1.54) is 18.7 Å². The SMILES string of the molecule is CCC1O[C@H](Sc2ccccc2)C(OC(C)=O)[C@@H](C)[C@@H]1C.C[C@@H]1C(O)[C@@H](Sc2ccccc2)OC2COC(c3ccccc3)O[C@H]21.C[C@@H]1C(OCc2ccccc2)[C@@H](Sc2ccccc2)OC2COC(c3ccccc3)O[C@H]21.OC1[C@@H](Sc2ccccc2)OC2COC(c3ccccc3)O[C@H]2[C@@H]1O.OCC1O[C@H](O)C(O)[C@@H](O)[C@@H]1O. The lowest BCUT2D eigenvalue weighted by Crippen LogP contribution is -2.60. The van der Waals surface area contributed by atoms with Gasteiger partial charge in [0.2, 0.25) is 0 Å². The Morgan fingerprint density at radius 2 is 0.730 bits per heavy atom. The molecule has 115 heavy (non-hydrogen) atoms. The number of fused-ring (bicyclic) bond motifs is 3. The molecule has 8 aliphatic heterocycles. The van der Waals surface area contributed by atoms with Gasteiger partial charge in [-0.25, -0.2) is 0 Å². The minimum atomic E-state index is -1.57. The van der Waals surface area contributed by atoms with E-state index in [-0.39, 0.29) is 89.0 Å². The fourth-order valence-corrected chi connectivity index (χ4v) is 19.3. The van der Waals surface area contributed by atoms with Gasteiger partial charge in [-0.15, -0.1) is 0 Å². The fraction of sp³-hybridized carbons (Fsp3) is 0.449. The number of benzene rings is 8. The van der Waals surface area contributed by atoms with Crippen LogP contribution < -0.4 is 0 Å². The number of carbonyl (C=O) groups is 1. The van der Waals surface area contributed by atoms with Gasteiger partial charge in [0.25, 0.3) is 0 Å². The molecular weight excluding hydrogens is 1550 g/mol. The summed E-state index contributed by atoms with van der Waals surface area (Å²) < 4.78 is 77.6. The molecule has 28 atom stereocenters. The maximum atomic E-state index is 11.4. The molecule has 8 heterocycles. The first-order valence-corrected chi connectivity index (χ1v) is 42.6. The van der Waals surface area contributed by atoms with Gasteiger partial charge in [0, 0.05) is 60.9 Å². The van der Waals surface area contributed by atoms with Crippen LogP contribution in [0.15, 0.2) is 262 Å². The van der Waals surface area contributed by atoms with E-state index < -0.39 is 85.8 Å². The highest BCUT2D eigenvalue weighted by Crippen LogP contribution is 2.46. The molecule has 0 amide bonds. The fourth-order valence-electron chi connectivity index (χ4n) is 14.6. The van der Waals surface area contributed by atoms with Gasteiger partial charge in [-0.2, -0.15) is 0 Å². The predicted molar refractivity (Wildman–Crippen MR) is 435 cm³/mol. The molecular formula is C89H106O22S4. The van der Waals surface area contributed by atoms with Crippen LogP contribution in [0.2, 0.25) is 0 Å². The lowest BCUT2D eigenvalue weighted by molar-refractivity contribution is -0.318. The van der Waals surface area contributed by atoms with E-state index in [9.17, 15) is 20.1 Å². The maximum absolute atomic E-state index is 11.4. The Labute approximate surface area is 689 Å². The van der Waals surface area contributed by atoms with Crippen molar-refractivity contribution >= 4 is 53.0 Å². The third-order valence-electron chi connectivity index (χ3n) is 21.3. The molecule has 8 saturated heterocycles. The Hall–Kier alpha value is -6.17. The Morgan fingerprint density at radius 3 is 1.15 bits per heavy atom. The second kappa shape index (κ2) is 43.7. The molecule has 0 aliphatic carbocycles. The highest BCUT2D eigenvalue weighted by molar-refractivity contribution is 8.00. The molecule has 16 rings (SSSR count). The summed E-state index contributed by atoms with van der Waals surface area (Å²) in [7, 11) is 0. The molecule has 8 aliphatic rings. The molecule has 22 nitrogen and oxygen atoms in total. The van der Waals surface area contributed by atoms with Gasteiger partial charge in [-0.3, -0.25) is 4.79 Å². The van der Waals surface area contributed by atoms with Crippen LogP contribution in [0.5, 0.6) is 0 Å². The molecule has 8 aromatic rings. The van der Waals surface area contributed by atoms with E-state index in [1.54, 1.807) is 35.3 Å². The van der Waals surface area contributed by atoms with Gasteiger partial charge in [-0.05, 0) is 66.4 Å². The summed E-state index contributed by atoms with van der Waals surface area (Å²) in [5.41, 5.74) is 2.87. The van der Waals surface area contributed by atoms with Crippen molar-refractivity contribution in [2.24, 2.45) is 23.7 Å². The van der Waals surface area contributed by atoms with Gasteiger partial charge in [0.05, 0.1) is 63.6 Å². The van der Waals surface area contributed by atoms with E-state index in [2.05, 4.69) is 81.0 Å². The molecule has 0 aromatic heterocycles. The second-order valence-electron chi connectivity index (χ2n) is 29.3. The standard InChI is InChI=1S/C27H28O4S.C20H22O4S.C19H20O5S.C17H24O3S.C6H12O6/c1-19-24-23(18-29-26(31-24)21-13-7-3-8-14-21)30-27(32-22-15-9-4-10-16-22)25(19)28-17-20-11-5-2-6-12-20;1-13-17(21)20(25-15-10-6-3-7-11-15)23-16-12-22-19(24-18(13)16)14-8-4-2-5-9-14;20-15-16(21)19(25-13-9-5-2-6-10-13)23-14-11-22-18(24-17(14)15)12-7-3-1-4-8-12;1-5-15-11(2)12(3)16(19-13(4)18)17(20-15)21-14-9-7-6-8-10-14;7-1-2-3(8)4(9)5(10)6(11)12-2/h2-16,19,23-27H,17-18H2,1H3;2-11,13,16-21H,12H2,1H3;1-10,14-21H,11H2;6-12,15-17H,5H2,1-4H3;2-11H,1H2/t19-,23?,24-,25?,26?,27+;13-,16?,17?,18+,19?,20-;14?,15-,16?,17-,18?,19-;11-,12-,15?,16?,17+;2?,3-,4+,5?,6+/m01101/s1. The number of thioether (sulfide) groups is 4. The molecule has 0 bridgehead atoms. The van der Waals surface area contributed by atoms with Crippen LogP contribution in [0.4, 0.5) is 0 Å². The number of esters is 1. The van der Waals surface area contributed by atoms with Crippen LogP contribution in [-0.2, 0) is 73.0 Å². The van der Waals surface area contributed by atoms with E-state index in [4.69, 9.17) is 82.4 Å².